The molecule has 1 heterocycles. The molecule has 1 aromatic rings. The second-order valence-electron chi connectivity index (χ2n) is 3.89. The number of carbonyl (C=O) groups excluding carboxylic acids is 1. The van der Waals surface area contributed by atoms with E-state index in [-0.39, 0.29) is 5.91 Å². The van der Waals surface area contributed by atoms with Crippen LogP contribution >= 0.6 is 0 Å². The lowest BCUT2D eigenvalue weighted by Gasteiger charge is -2.09. The molecule has 0 spiro atoms. The van der Waals surface area contributed by atoms with E-state index < -0.39 is 0 Å². The average molecular weight is 204 g/mol. The maximum Gasteiger partial charge on any atom is 0.221 e. The summed E-state index contributed by atoms with van der Waals surface area (Å²) in [6, 6.07) is 10.7. The Morgan fingerprint density at radius 3 is 2.80 bits per heavy atom. The van der Waals surface area contributed by atoms with Crippen molar-refractivity contribution in [3.05, 3.63) is 35.9 Å². The van der Waals surface area contributed by atoms with E-state index >= 15 is 0 Å². The molecule has 3 nitrogen and oxygen atoms in total. The Labute approximate surface area is 89.9 Å². The molecule has 1 unspecified atom stereocenters. The van der Waals surface area contributed by atoms with Crippen molar-refractivity contribution in [2.45, 2.75) is 18.9 Å². The highest BCUT2D eigenvalue weighted by Gasteiger charge is 2.19. The SMILES string of the molecule is O=C1CC(NCCc2ccccc2)CN1. The van der Waals surface area contributed by atoms with Crippen molar-refractivity contribution >= 4 is 5.91 Å². The molecule has 1 amide bonds. The van der Waals surface area contributed by atoms with E-state index in [0.717, 1.165) is 19.5 Å². The first kappa shape index (κ1) is 10.2. The minimum atomic E-state index is 0.159. The Balaban J connectivity index is 1.69. The van der Waals surface area contributed by atoms with Crippen molar-refractivity contribution in [3.8, 4) is 0 Å². The molecule has 1 fully saturated rings. The Morgan fingerprint density at radius 1 is 1.33 bits per heavy atom. The van der Waals surface area contributed by atoms with Crippen LogP contribution in [0.4, 0.5) is 0 Å². The second kappa shape index (κ2) is 4.94. The van der Waals surface area contributed by atoms with Crippen LogP contribution in [-0.2, 0) is 11.2 Å². The fourth-order valence-corrected chi connectivity index (χ4v) is 1.81. The molecule has 1 saturated heterocycles. The number of benzene rings is 1. The predicted molar refractivity (Wildman–Crippen MR) is 59.6 cm³/mol. The molecule has 2 N–H and O–H groups in total. The zero-order chi connectivity index (χ0) is 10.5. The molecule has 2 rings (SSSR count). The first-order valence-corrected chi connectivity index (χ1v) is 5.38. The topological polar surface area (TPSA) is 41.1 Å². The van der Waals surface area contributed by atoms with E-state index in [1.807, 2.05) is 6.07 Å². The van der Waals surface area contributed by atoms with E-state index in [1.54, 1.807) is 0 Å². The van der Waals surface area contributed by atoms with Gasteiger partial charge < -0.3 is 10.6 Å². The second-order valence-corrected chi connectivity index (χ2v) is 3.89. The summed E-state index contributed by atoms with van der Waals surface area (Å²) in [5, 5.41) is 6.19. The quantitative estimate of drug-likeness (QED) is 0.758. The molecule has 0 radical (unpaired) electrons. The number of hydrogen-bond acceptors (Lipinski definition) is 2. The van der Waals surface area contributed by atoms with Gasteiger partial charge in [-0.25, -0.2) is 0 Å². The highest BCUT2D eigenvalue weighted by molar-refractivity contribution is 5.78. The third-order valence-corrected chi connectivity index (χ3v) is 2.67. The van der Waals surface area contributed by atoms with Crippen LogP contribution in [0, 0.1) is 0 Å². The Kier molecular flexibility index (Phi) is 3.35. The van der Waals surface area contributed by atoms with Crippen molar-refractivity contribution in [1.29, 1.82) is 0 Å². The number of rotatable bonds is 4. The van der Waals surface area contributed by atoms with Crippen molar-refractivity contribution in [2.75, 3.05) is 13.1 Å². The van der Waals surface area contributed by atoms with E-state index in [0.29, 0.717) is 12.5 Å². The monoisotopic (exact) mass is 204 g/mol. The van der Waals surface area contributed by atoms with Gasteiger partial charge in [0.25, 0.3) is 0 Å². The number of carbonyl (C=O) groups is 1. The summed E-state index contributed by atoms with van der Waals surface area (Å²) in [6.45, 7) is 1.71. The van der Waals surface area contributed by atoms with Crippen molar-refractivity contribution in [1.82, 2.24) is 10.6 Å². The van der Waals surface area contributed by atoms with Gasteiger partial charge in [0.05, 0.1) is 0 Å². The fourth-order valence-electron chi connectivity index (χ4n) is 1.81. The summed E-state index contributed by atoms with van der Waals surface area (Å²) in [5.41, 5.74) is 1.34. The molecule has 1 aromatic carbocycles. The molecule has 0 bridgehead atoms. The van der Waals surface area contributed by atoms with Crippen LogP contribution in [0.15, 0.2) is 30.3 Å². The molecule has 0 aliphatic carbocycles. The van der Waals surface area contributed by atoms with E-state index in [1.165, 1.54) is 5.56 Å². The van der Waals surface area contributed by atoms with Gasteiger partial charge in [0.1, 0.15) is 0 Å². The summed E-state index contributed by atoms with van der Waals surface area (Å²) in [6.07, 6.45) is 1.64. The summed E-state index contributed by atoms with van der Waals surface area (Å²) in [7, 11) is 0. The molecule has 80 valence electrons. The number of amides is 1. The lowest BCUT2D eigenvalue weighted by molar-refractivity contribution is -0.119. The molecule has 0 saturated carbocycles. The molecule has 1 atom stereocenters. The smallest absolute Gasteiger partial charge is 0.221 e. The van der Waals surface area contributed by atoms with Gasteiger partial charge in [0, 0.05) is 19.0 Å². The van der Waals surface area contributed by atoms with Crippen LogP contribution < -0.4 is 10.6 Å². The largest absolute Gasteiger partial charge is 0.354 e. The summed E-state index contributed by atoms with van der Waals surface area (Å²) in [4.78, 5) is 10.9. The van der Waals surface area contributed by atoms with Crippen LogP contribution in [0.5, 0.6) is 0 Å². The minimum absolute atomic E-state index is 0.159. The Bertz CT molecular complexity index is 324. The van der Waals surface area contributed by atoms with Crippen molar-refractivity contribution in [3.63, 3.8) is 0 Å². The first-order chi connectivity index (χ1) is 7.34. The molecule has 3 heteroatoms. The number of nitrogens with one attached hydrogen (secondary N) is 2. The zero-order valence-electron chi connectivity index (χ0n) is 8.70. The molecule has 1 aliphatic rings. The van der Waals surface area contributed by atoms with Crippen LogP contribution in [0.1, 0.15) is 12.0 Å². The lowest BCUT2D eigenvalue weighted by atomic mass is 10.1. The number of hydrogen-bond donors (Lipinski definition) is 2. The van der Waals surface area contributed by atoms with Crippen LogP contribution in [0.2, 0.25) is 0 Å². The van der Waals surface area contributed by atoms with Gasteiger partial charge >= 0.3 is 0 Å². The maximum atomic E-state index is 10.9. The Morgan fingerprint density at radius 2 is 2.13 bits per heavy atom. The van der Waals surface area contributed by atoms with E-state index in [2.05, 4.69) is 34.9 Å². The van der Waals surface area contributed by atoms with Gasteiger partial charge in [0.2, 0.25) is 5.91 Å². The summed E-state index contributed by atoms with van der Waals surface area (Å²) >= 11 is 0. The highest BCUT2D eigenvalue weighted by atomic mass is 16.1. The Hall–Kier alpha value is -1.35. The average Bonchev–Trinajstić information content (AvgIpc) is 2.66. The highest BCUT2D eigenvalue weighted by Crippen LogP contribution is 2.01. The van der Waals surface area contributed by atoms with Crippen molar-refractivity contribution < 1.29 is 4.79 Å². The normalized spacial score (nSPS) is 20.3. The fraction of sp³-hybridized carbons (Fsp3) is 0.417. The predicted octanol–water partition coefficient (Wildman–Crippen LogP) is 0.707. The van der Waals surface area contributed by atoms with Crippen molar-refractivity contribution in [2.24, 2.45) is 0 Å². The van der Waals surface area contributed by atoms with Gasteiger partial charge in [-0.1, -0.05) is 30.3 Å². The molecular weight excluding hydrogens is 188 g/mol. The third-order valence-electron chi connectivity index (χ3n) is 2.67. The molecule has 15 heavy (non-hydrogen) atoms. The lowest BCUT2D eigenvalue weighted by Crippen LogP contribution is -2.32. The molecule has 1 aliphatic heterocycles. The summed E-state index contributed by atoms with van der Waals surface area (Å²) in [5.74, 6) is 0.159. The van der Waals surface area contributed by atoms with E-state index in [4.69, 9.17) is 0 Å². The van der Waals surface area contributed by atoms with E-state index in [9.17, 15) is 4.79 Å². The maximum absolute atomic E-state index is 10.9. The standard InChI is InChI=1S/C12H16N2O/c15-12-8-11(9-14-12)13-7-6-10-4-2-1-3-5-10/h1-5,11,13H,6-9H2,(H,14,15). The zero-order valence-corrected chi connectivity index (χ0v) is 8.70. The molecular formula is C12H16N2O. The van der Waals surface area contributed by atoms with Gasteiger partial charge in [-0.15, -0.1) is 0 Å². The first-order valence-electron chi connectivity index (χ1n) is 5.38. The third kappa shape index (κ3) is 3.06. The summed E-state index contributed by atoms with van der Waals surface area (Å²) < 4.78 is 0. The van der Waals surface area contributed by atoms with Crippen LogP contribution in [-0.4, -0.2) is 25.0 Å². The minimum Gasteiger partial charge on any atom is -0.354 e. The molecule has 0 aromatic heterocycles. The van der Waals surface area contributed by atoms with Gasteiger partial charge in [-0.3, -0.25) is 4.79 Å². The van der Waals surface area contributed by atoms with Crippen LogP contribution in [0.25, 0.3) is 0 Å². The van der Waals surface area contributed by atoms with Crippen LogP contribution in [0.3, 0.4) is 0 Å². The van der Waals surface area contributed by atoms with Gasteiger partial charge in [0.15, 0.2) is 0 Å². The van der Waals surface area contributed by atoms with Gasteiger partial charge in [-0.2, -0.15) is 0 Å². The van der Waals surface area contributed by atoms with Gasteiger partial charge in [-0.05, 0) is 18.5 Å².